The van der Waals surface area contributed by atoms with Crippen molar-refractivity contribution in [3.05, 3.63) is 88.0 Å². The summed E-state index contributed by atoms with van der Waals surface area (Å²) in [5, 5.41) is 15.0. The summed E-state index contributed by atoms with van der Waals surface area (Å²) in [5.74, 6) is -0.0534. The maximum Gasteiger partial charge on any atom is 0.343 e. The van der Waals surface area contributed by atoms with Crippen LogP contribution in [0.1, 0.15) is 29.8 Å². The molecule has 0 unspecified atom stereocenters. The van der Waals surface area contributed by atoms with Gasteiger partial charge >= 0.3 is 11.7 Å². The van der Waals surface area contributed by atoms with Crippen LogP contribution in [0.2, 0.25) is 0 Å². The molecular weight excluding hydrogens is 482 g/mol. The highest BCUT2D eigenvalue weighted by Gasteiger charge is 2.20. The molecule has 0 saturated carbocycles. The van der Waals surface area contributed by atoms with Crippen molar-refractivity contribution in [3.8, 4) is 23.0 Å². The molecule has 3 aromatic carbocycles. The lowest BCUT2D eigenvalue weighted by atomic mass is 10.2. The number of nitro benzene ring substituents is 1. The molecule has 0 bridgehead atoms. The topological polar surface area (TPSA) is 139 Å². The molecule has 0 radical (unpaired) electrons. The highest BCUT2D eigenvalue weighted by Crippen LogP contribution is 2.29. The number of benzene rings is 3. The number of nitro groups is 1. The van der Waals surface area contributed by atoms with Crippen LogP contribution in [-0.2, 0) is 4.79 Å². The van der Waals surface area contributed by atoms with Crippen LogP contribution in [0.5, 0.6) is 23.0 Å². The number of hydrazone groups is 1. The third-order valence-electron chi connectivity index (χ3n) is 4.92. The molecule has 1 amide bonds. The quantitative estimate of drug-likeness (QED) is 0.134. The lowest BCUT2D eigenvalue weighted by Crippen LogP contribution is -2.33. The number of esters is 1. The molecule has 0 spiro atoms. The van der Waals surface area contributed by atoms with Gasteiger partial charge in [-0.15, -0.1) is 0 Å². The van der Waals surface area contributed by atoms with Crippen molar-refractivity contribution in [2.45, 2.75) is 20.0 Å². The molecule has 0 saturated heterocycles. The number of nitrogens with zero attached hydrogens (tertiary/aromatic N) is 2. The number of carbonyl (C=O) groups excluding carboxylic acids is 2. The number of carbonyl (C=O) groups is 2. The van der Waals surface area contributed by atoms with E-state index in [0.717, 1.165) is 0 Å². The fourth-order valence-electron chi connectivity index (χ4n) is 3.06. The SMILES string of the molecule is CCOc1cc(/C=N\NC(=O)[C@@H](C)Oc2ccccc2[N+](=O)[O-])ccc1OC(=O)c1ccc(OC)cc1. The molecule has 37 heavy (non-hydrogen) atoms. The van der Waals surface area contributed by atoms with Crippen molar-refractivity contribution in [1.82, 2.24) is 5.43 Å². The molecule has 1 atom stereocenters. The first kappa shape index (κ1) is 26.7. The summed E-state index contributed by atoms with van der Waals surface area (Å²) in [4.78, 5) is 35.4. The van der Waals surface area contributed by atoms with Crippen LogP contribution in [0.25, 0.3) is 0 Å². The second kappa shape index (κ2) is 12.7. The van der Waals surface area contributed by atoms with Crippen molar-refractivity contribution in [2.24, 2.45) is 5.10 Å². The van der Waals surface area contributed by atoms with E-state index in [4.69, 9.17) is 18.9 Å². The van der Waals surface area contributed by atoms with Gasteiger partial charge in [-0.1, -0.05) is 12.1 Å². The zero-order chi connectivity index (χ0) is 26.8. The predicted molar refractivity (Wildman–Crippen MR) is 134 cm³/mol. The number of para-hydroxylation sites is 2. The van der Waals surface area contributed by atoms with E-state index in [2.05, 4.69) is 10.5 Å². The third-order valence-corrected chi connectivity index (χ3v) is 4.92. The van der Waals surface area contributed by atoms with E-state index in [-0.39, 0.29) is 17.2 Å². The van der Waals surface area contributed by atoms with E-state index in [1.54, 1.807) is 55.5 Å². The average Bonchev–Trinajstić information content (AvgIpc) is 2.90. The molecule has 1 N–H and O–H groups in total. The van der Waals surface area contributed by atoms with Gasteiger partial charge in [-0.25, -0.2) is 10.2 Å². The minimum atomic E-state index is -1.04. The number of rotatable bonds is 11. The van der Waals surface area contributed by atoms with Crippen LogP contribution >= 0.6 is 0 Å². The third kappa shape index (κ3) is 7.28. The van der Waals surface area contributed by atoms with Crippen LogP contribution in [0.15, 0.2) is 71.8 Å². The van der Waals surface area contributed by atoms with Gasteiger partial charge in [0.15, 0.2) is 23.4 Å². The fourth-order valence-corrected chi connectivity index (χ4v) is 3.06. The zero-order valence-electron chi connectivity index (χ0n) is 20.4. The van der Waals surface area contributed by atoms with Gasteiger partial charge in [0.2, 0.25) is 0 Å². The molecule has 3 rings (SSSR count). The molecule has 11 nitrogen and oxygen atoms in total. The number of methoxy groups -OCH3 is 1. The molecule has 0 aliphatic rings. The summed E-state index contributed by atoms with van der Waals surface area (Å²) in [5.41, 5.74) is 2.98. The van der Waals surface area contributed by atoms with Crippen LogP contribution in [-0.4, -0.2) is 42.8 Å². The van der Waals surface area contributed by atoms with Crippen LogP contribution < -0.4 is 24.4 Å². The van der Waals surface area contributed by atoms with E-state index in [0.29, 0.717) is 29.2 Å². The lowest BCUT2D eigenvalue weighted by Gasteiger charge is -2.13. The monoisotopic (exact) mass is 507 g/mol. The molecule has 3 aromatic rings. The van der Waals surface area contributed by atoms with Crippen LogP contribution in [0, 0.1) is 10.1 Å². The van der Waals surface area contributed by atoms with Gasteiger partial charge in [-0.3, -0.25) is 14.9 Å². The zero-order valence-corrected chi connectivity index (χ0v) is 20.4. The Kier molecular flexibility index (Phi) is 9.14. The second-order valence-electron chi connectivity index (χ2n) is 7.48. The standard InChI is InChI=1S/C26H25N3O8/c1-4-35-24-15-18(9-14-23(24)37-26(31)19-10-12-20(34-3)13-11-19)16-27-28-25(30)17(2)36-22-8-6-5-7-21(22)29(32)33/h5-17H,4H2,1-3H3,(H,28,30)/b27-16-/t17-/m1/s1. The van der Waals surface area contributed by atoms with Gasteiger partial charge in [0.25, 0.3) is 5.91 Å². The van der Waals surface area contributed by atoms with Crippen molar-refractivity contribution >= 4 is 23.8 Å². The molecule has 192 valence electrons. The van der Waals surface area contributed by atoms with Gasteiger partial charge in [0, 0.05) is 6.07 Å². The van der Waals surface area contributed by atoms with E-state index in [1.165, 1.54) is 38.4 Å². The Hall–Kier alpha value is -4.93. The van der Waals surface area contributed by atoms with Crippen molar-refractivity contribution in [3.63, 3.8) is 0 Å². The summed E-state index contributed by atoms with van der Waals surface area (Å²) >= 11 is 0. The Balaban J connectivity index is 1.64. The van der Waals surface area contributed by atoms with E-state index in [1.807, 2.05) is 0 Å². The summed E-state index contributed by atoms with van der Waals surface area (Å²) in [6.07, 6.45) is 0.324. The smallest absolute Gasteiger partial charge is 0.343 e. The van der Waals surface area contributed by atoms with Crippen LogP contribution in [0.3, 0.4) is 0 Å². The van der Waals surface area contributed by atoms with Gasteiger partial charge < -0.3 is 18.9 Å². The Morgan fingerprint density at radius 1 is 1.05 bits per heavy atom. The van der Waals surface area contributed by atoms with Crippen molar-refractivity contribution in [1.29, 1.82) is 0 Å². The Morgan fingerprint density at radius 3 is 2.46 bits per heavy atom. The van der Waals surface area contributed by atoms with E-state index < -0.39 is 22.9 Å². The van der Waals surface area contributed by atoms with Gasteiger partial charge in [-0.05, 0) is 67.9 Å². The maximum absolute atomic E-state index is 12.5. The Bertz CT molecular complexity index is 1290. The maximum atomic E-state index is 12.5. The molecule has 0 aliphatic carbocycles. The lowest BCUT2D eigenvalue weighted by molar-refractivity contribution is -0.386. The number of hydrogen-bond acceptors (Lipinski definition) is 9. The molecule has 11 heteroatoms. The average molecular weight is 507 g/mol. The summed E-state index contributed by atoms with van der Waals surface area (Å²) in [7, 11) is 1.53. The van der Waals surface area contributed by atoms with E-state index >= 15 is 0 Å². The van der Waals surface area contributed by atoms with Gasteiger partial charge in [0.1, 0.15) is 5.75 Å². The second-order valence-corrected chi connectivity index (χ2v) is 7.48. The normalized spacial score (nSPS) is 11.4. The first-order valence-corrected chi connectivity index (χ1v) is 11.2. The molecule has 0 fully saturated rings. The summed E-state index contributed by atoms with van der Waals surface area (Å²) in [6.45, 7) is 3.56. The first-order chi connectivity index (χ1) is 17.8. The number of hydrogen-bond donors (Lipinski definition) is 1. The van der Waals surface area contributed by atoms with E-state index in [9.17, 15) is 19.7 Å². The predicted octanol–water partition coefficient (Wildman–Crippen LogP) is 4.14. The fraction of sp³-hybridized carbons (Fsp3) is 0.192. The highest BCUT2D eigenvalue weighted by molar-refractivity contribution is 5.92. The largest absolute Gasteiger partial charge is 0.497 e. The minimum absolute atomic E-state index is 0.0275. The highest BCUT2D eigenvalue weighted by atomic mass is 16.6. The van der Waals surface area contributed by atoms with Gasteiger partial charge in [0.05, 0.1) is 30.4 Å². The van der Waals surface area contributed by atoms with Crippen molar-refractivity contribution in [2.75, 3.05) is 13.7 Å². The number of ether oxygens (including phenoxy) is 4. The first-order valence-electron chi connectivity index (χ1n) is 11.2. The number of amides is 1. The number of nitrogens with one attached hydrogen (secondary N) is 1. The van der Waals surface area contributed by atoms with Crippen molar-refractivity contribution < 1.29 is 33.5 Å². The molecule has 0 aromatic heterocycles. The molecule has 0 heterocycles. The summed E-state index contributed by atoms with van der Waals surface area (Å²) < 4.78 is 21.6. The minimum Gasteiger partial charge on any atom is -0.497 e. The summed E-state index contributed by atoms with van der Waals surface area (Å²) in [6, 6.07) is 17.0. The van der Waals surface area contributed by atoms with Crippen LogP contribution in [0.4, 0.5) is 5.69 Å². The van der Waals surface area contributed by atoms with Gasteiger partial charge in [-0.2, -0.15) is 5.10 Å². The molecular formula is C26H25N3O8. The Morgan fingerprint density at radius 2 is 1.78 bits per heavy atom. The Labute approximate surface area is 212 Å². The molecule has 0 aliphatic heterocycles.